The van der Waals surface area contributed by atoms with Crippen molar-refractivity contribution in [2.75, 3.05) is 25.6 Å². The third-order valence-corrected chi connectivity index (χ3v) is 3.82. The fourth-order valence-electron chi connectivity index (χ4n) is 1.85. The summed E-state index contributed by atoms with van der Waals surface area (Å²) in [6.45, 7) is 0.351. The van der Waals surface area contributed by atoms with Crippen LogP contribution in [0.15, 0.2) is 42.5 Å². The number of halogens is 1. The van der Waals surface area contributed by atoms with Crippen LogP contribution >= 0.6 is 22.6 Å². The quantitative estimate of drug-likeness (QED) is 0.580. The molecule has 2 N–H and O–H groups in total. The number of anilines is 1. The van der Waals surface area contributed by atoms with E-state index in [1.807, 2.05) is 19.2 Å². The summed E-state index contributed by atoms with van der Waals surface area (Å²) in [6, 6.07) is 14.3. The second kappa shape index (κ2) is 8.05. The van der Waals surface area contributed by atoms with Gasteiger partial charge in [-0.3, -0.25) is 0 Å². The highest BCUT2D eigenvalue weighted by atomic mass is 123. The first-order chi connectivity index (χ1) is 10.2. The Morgan fingerprint density at radius 2 is 1.76 bits per heavy atom. The van der Waals surface area contributed by atoms with Crippen molar-refractivity contribution in [3.63, 3.8) is 0 Å². The SMILES string of the molecule is CNc1ccc(/C=C/c2ccc(OCCO)c([123I])c2)cc1. The minimum absolute atomic E-state index is 0.0281. The van der Waals surface area contributed by atoms with Crippen LogP contribution in [0.5, 0.6) is 5.75 Å². The zero-order chi connectivity index (χ0) is 15.1. The Kier molecular flexibility index (Phi) is 6.07. The lowest BCUT2D eigenvalue weighted by Gasteiger charge is -2.07. The Hall–Kier alpha value is -1.53. The van der Waals surface area contributed by atoms with Crippen LogP contribution in [0.1, 0.15) is 11.1 Å². The lowest BCUT2D eigenvalue weighted by Crippen LogP contribution is -2.02. The van der Waals surface area contributed by atoms with Crippen molar-refractivity contribution in [1.29, 1.82) is 0 Å². The molecule has 110 valence electrons. The Labute approximate surface area is 138 Å². The standard InChI is InChI=1S/C17H18INO2/c1-19-15-7-4-13(5-8-15)2-3-14-6-9-17(16(18)12-14)21-11-10-20/h2-9,12,19-20H,10-11H2,1H3/b3-2+/i18-4. The van der Waals surface area contributed by atoms with Gasteiger partial charge in [0.1, 0.15) is 12.4 Å². The topological polar surface area (TPSA) is 41.5 Å². The zero-order valence-electron chi connectivity index (χ0n) is 11.8. The zero-order valence-corrected chi connectivity index (χ0v) is 14.0. The van der Waals surface area contributed by atoms with E-state index in [1.54, 1.807) is 0 Å². The van der Waals surface area contributed by atoms with E-state index < -0.39 is 0 Å². The molecule has 2 rings (SSSR count). The maximum atomic E-state index is 8.78. The summed E-state index contributed by atoms with van der Waals surface area (Å²) < 4.78 is 6.48. The van der Waals surface area contributed by atoms with Crippen molar-refractivity contribution in [3.05, 3.63) is 57.2 Å². The van der Waals surface area contributed by atoms with Crippen LogP contribution in [0.25, 0.3) is 12.2 Å². The van der Waals surface area contributed by atoms with Crippen LogP contribution in [0, 0.1) is 3.57 Å². The summed E-state index contributed by atoms with van der Waals surface area (Å²) in [5, 5.41) is 11.9. The molecule has 0 aliphatic heterocycles. The highest BCUT2D eigenvalue weighted by molar-refractivity contribution is 14.1. The molecule has 0 spiro atoms. The van der Waals surface area contributed by atoms with Crippen molar-refractivity contribution in [3.8, 4) is 5.75 Å². The monoisotopic (exact) mass is 391 g/mol. The van der Waals surface area contributed by atoms with Crippen LogP contribution in [0.4, 0.5) is 5.69 Å². The molecule has 3 nitrogen and oxygen atoms in total. The average molecular weight is 391 g/mol. The van der Waals surface area contributed by atoms with Crippen LogP contribution in [0.2, 0.25) is 0 Å². The predicted molar refractivity (Wildman–Crippen MR) is 96.7 cm³/mol. The molecule has 0 atom stereocenters. The molecule has 0 aliphatic carbocycles. The van der Waals surface area contributed by atoms with Gasteiger partial charge in [0.25, 0.3) is 0 Å². The van der Waals surface area contributed by atoms with Gasteiger partial charge in [0.15, 0.2) is 0 Å². The lowest BCUT2D eigenvalue weighted by molar-refractivity contribution is 0.200. The van der Waals surface area contributed by atoms with Gasteiger partial charge in [-0.1, -0.05) is 30.4 Å². The second-order valence-electron chi connectivity index (χ2n) is 4.47. The molecule has 0 amide bonds. The first kappa shape index (κ1) is 15.9. The number of hydrogen-bond donors (Lipinski definition) is 2. The van der Waals surface area contributed by atoms with Gasteiger partial charge >= 0.3 is 0 Å². The maximum absolute atomic E-state index is 8.78. The molecule has 2 aromatic rings. The average Bonchev–Trinajstić information content (AvgIpc) is 2.52. The number of ether oxygens (including phenoxy) is 1. The van der Waals surface area contributed by atoms with Crippen molar-refractivity contribution >= 4 is 40.4 Å². The van der Waals surface area contributed by atoms with Crippen LogP contribution in [-0.4, -0.2) is 25.4 Å². The highest BCUT2D eigenvalue weighted by Gasteiger charge is 2.01. The first-order valence-electron chi connectivity index (χ1n) is 6.72. The van der Waals surface area contributed by atoms with E-state index in [2.05, 4.69) is 70.4 Å². The first-order valence-corrected chi connectivity index (χ1v) is 7.80. The summed E-state index contributed by atoms with van der Waals surface area (Å²) in [5.41, 5.74) is 3.38. The minimum atomic E-state index is 0.0281. The number of benzene rings is 2. The molecular formula is C17H18INO2. The Morgan fingerprint density at radius 3 is 2.38 bits per heavy atom. The summed E-state index contributed by atoms with van der Waals surface area (Å²) in [4.78, 5) is 0. The van der Waals surface area contributed by atoms with Crippen molar-refractivity contribution in [2.45, 2.75) is 0 Å². The Morgan fingerprint density at radius 1 is 1.10 bits per heavy atom. The van der Waals surface area contributed by atoms with E-state index in [1.165, 1.54) is 0 Å². The Bertz CT molecular complexity index is 609. The second-order valence-corrected chi connectivity index (χ2v) is 5.63. The van der Waals surface area contributed by atoms with Crippen LogP contribution < -0.4 is 10.1 Å². The van der Waals surface area contributed by atoms with Gasteiger partial charge in [-0.05, 0) is 58.0 Å². The predicted octanol–water partition coefficient (Wildman–Crippen LogP) is 3.87. The summed E-state index contributed by atoms with van der Waals surface area (Å²) in [7, 11) is 1.91. The molecule has 21 heavy (non-hydrogen) atoms. The molecule has 0 saturated carbocycles. The van der Waals surface area contributed by atoms with E-state index >= 15 is 0 Å². The maximum Gasteiger partial charge on any atom is 0.132 e. The van der Waals surface area contributed by atoms with Crippen molar-refractivity contribution in [1.82, 2.24) is 0 Å². The molecule has 2 aromatic carbocycles. The molecule has 0 aliphatic rings. The third kappa shape index (κ3) is 4.75. The molecule has 0 heterocycles. The smallest absolute Gasteiger partial charge is 0.132 e. The van der Waals surface area contributed by atoms with Gasteiger partial charge in [0.2, 0.25) is 0 Å². The number of nitrogens with one attached hydrogen (secondary N) is 1. The van der Waals surface area contributed by atoms with E-state index in [0.29, 0.717) is 6.61 Å². The van der Waals surface area contributed by atoms with E-state index in [-0.39, 0.29) is 6.61 Å². The van der Waals surface area contributed by atoms with E-state index in [4.69, 9.17) is 9.84 Å². The van der Waals surface area contributed by atoms with Gasteiger partial charge in [0, 0.05) is 12.7 Å². The van der Waals surface area contributed by atoms with Gasteiger partial charge in [-0.2, -0.15) is 0 Å². The number of aliphatic hydroxyl groups excluding tert-OH is 1. The van der Waals surface area contributed by atoms with Gasteiger partial charge < -0.3 is 15.2 Å². The molecular weight excluding hydrogens is 373 g/mol. The van der Waals surface area contributed by atoms with Gasteiger partial charge in [-0.25, -0.2) is 0 Å². The molecule has 0 radical (unpaired) electrons. The normalized spacial score (nSPS) is 10.8. The third-order valence-electron chi connectivity index (χ3n) is 2.97. The summed E-state index contributed by atoms with van der Waals surface area (Å²) in [5.74, 6) is 0.806. The van der Waals surface area contributed by atoms with Crippen LogP contribution in [-0.2, 0) is 0 Å². The summed E-state index contributed by atoms with van der Waals surface area (Å²) >= 11 is 2.24. The molecule has 0 aromatic heterocycles. The molecule has 4 heteroatoms. The highest BCUT2D eigenvalue weighted by Crippen LogP contribution is 2.23. The molecule has 0 bridgehead atoms. The number of hydrogen-bond acceptors (Lipinski definition) is 3. The lowest BCUT2D eigenvalue weighted by atomic mass is 10.1. The fraction of sp³-hybridized carbons (Fsp3) is 0.176. The largest absolute Gasteiger partial charge is 0.490 e. The number of rotatable bonds is 6. The van der Waals surface area contributed by atoms with E-state index in [9.17, 15) is 0 Å². The summed E-state index contributed by atoms with van der Waals surface area (Å²) in [6.07, 6.45) is 4.16. The number of aliphatic hydroxyl groups is 1. The fourth-order valence-corrected chi connectivity index (χ4v) is 2.54. The molecule has 0 saturated heterocycles. The van der Waals surface area contributed by atoms with Crippen LogP contribution in [0.3, 0.4) is 0 Å². The molecule has 0 unspecified atom stereocenters. The van der Waals surface area contributed by atoms with Gasteiger partial charge in [-0.15, -0.1) is 0 Å². The van der Waals surface area contributed by atoms with E-state index in [0.717, 1.165) is 26.1 Å². The minimum Gasteiger partial charge on any atom is -0.490 e. The van der Waals surface area contributed by atoms with Gasteiger partial charge in [0.05, 0.1) is 10.2 Å². The van der Waals surface area contributed by atoms with Crippen molar-refractivity contribution in [2.24, 2.45) is 0 Å². The Balaban J connectivity index is 2.07. The van der Waals surface area contributed by atoms with Crippen molar-refractivity contribution < 1.29 is 9.84 Å². The molecule has 0 fully saturated rings.